The number of nitrogens with zero attached hydrogens (tertiary/aromatic N) is 3. The maximum atomic E-state index is 9.07. The molecule has 18 heavy (non-hydrogen) atoms. The molecule has 5 heteroatoms. The van der Waals surface area contributed by atoms with Crippen LogP contribution in [0.5, 0.6) is 0 Å². The van der Waals surface area contributed by atoms with E-state index in [0.717, 1.165) is 49.7 Å². The smallest absolute Gasteiger partial charge is 0.150 e. The second kappa shape index (κ2) is 5.61. The number of hydrogen-bond acceptors (Lipinski definition) is 4. The Bertz CT molecular complexity index is 400. The number of aliphatic hydroxyl groups excluding tert-OH is 1. The summed E-state index contributed by atoms with van der Waals surface area (Å²) in [5, 5.41) is 13.5. The van der Waals surface area contributed by atoms with Crippen molar-refractivity contribution in [1.29, 1.82) is 0 Å². The summed E-state index contributed by atoms with van der Waals surface area (Å²) in [6, 6.07) is 0. The van der Waals surface area contributed by atoms with E-state index in [1.807, 2.05) is 11.6 Å². The molecule has 1 aromatic rings. The number of rotatable bonds is 4. The number of piperidine rings is 1. The molecule has 0 bridgehead atoms. The van der Waals surface area contributed by atoms with Gasteiger partial charge in [0.1, 0.15) is 0 Å². The highest BCUT2D eigenvalue weighted by molar-refractivity contribution is 5.66. The fourth-order valence-electron chi connectivity index (χ4n) is 2.81. The first-order valence-corrected chi connectivity index (χ1v) is 6.86. The van der Waals surface area contributed by atoms with Crippen LogP contribution in [0.25, 0.3) is 0 Å². The van der Waals surface area contributed by atoms with Gasteiger partial charge in [-0.1, -0.05) is 0 Å². The van der Waals surface area contributed by atoms with Crippen LogP contribution in [0.15, 0.2) is 0 Å². The second-order valence-corrected chi connectivity index (χ2v) is 5.11. The quantitative estimate of drug-likeness (QED) is 0.850. The van der Waals surface area contributed by atoms with E-state index in [9.17, 15) is 0 Å². The lowest BCUT2D eigenvalue weighted by Crippen LogP contribution is -2.37. The molecule has 1 saturated heterocycles. The summed E-state index contributed by atoms with van der Waals surface area (Å²) in [6.45, 7) is 7.19. The first kappa shape index (κ1) is 13.2. The van der Waals surface area contributed by atoms with Gasteiger partial charge in [-0.3, -0.25) is 0 Å². The Morgan fingerprint density at radius 3 is 2.94 bits per heavy atom. The van der Waals surface area contributed by atoms with Crippen LogP contribution in [-0.4, -0.2) is 34.6 Å². The van der Waals surface area contributed by atoms with Gasteiger partial charge in [0.25, 0.3) is 0 Å². The van der Waals surface area contributed by atoms with Crippen molar-refractivity contribution in [2.75, 3.05) is 30.3 Å². The molecule has 5 nitrogen and oxygen atoms in total. The molecule has 0 spiro atoms. The number of aromatic nitrogens is 2. The number of aryl methyl sites for hydroxylation is 2. The number of nitrogens with two attached hydrogens (primary N) is 1. The van der Waals surface area contributed by atoms with Crippen molar-refractivity contribution in [2.24, 2.45) is 5.92 Å². The molecule has 0 amide bonds. The monoisotopic (exact) mass is 252 g/mol. The summed E-state index contributed by atoms with van der Waals surface area (Å²) in [6.07, 6.45) is 3.25. The molecular weight excluding hydrogens is 228 g/mol. The van der Waals surface area contributed by atoms with Crippen molar-refractivity contribution >= 4 is 11.5 Å². The third kappa shape index (κ3) is 2.46. The third-order valence-electron chi connectivity index (χ3n) is 3.80. The summed E-state index contributed by atoms with van der Waals surface area (Å²) in [7, 11) is 0. The largest absolute Gasteiger partial charge is 0.396 e. The summed E-state index contributed by atoms with van der Waals surface area (Å²) >= 11 is 0. The molecule has 1 aliphatic heterocycles. The minimum atomic E-state index is 0.278. The zero-order valence-corrected chi connectivity index (χ0v) is 11.4. The van der Waals surface area contributed by atoms with Crippen molar-refractivity contribution in [3.8, 4) is 0 Å². The van der Waals surface area contributed by atoms with E-state index in [0.29, 0.717) is 5.92 Å². The Morgan fingerprint density at radius 1 is 1.50 bits per heavy atom. The van der Waals surface area contributed by atoms with Gasteiger partial charge in [0, 0.05) is 26.2 Å². The van der Waals surface area contributed by atoms with Crippen molar-refractivity contribution in [2.45, 2.75) is 39.7 Å². The van der Waals surface area contributed by atoms with Crippen LogP contribution in [0.3, 0.4) is 0 Å². The number of hydrogen-bond donors (Lipinski definition) is 2. The molecule has 1 aromatic heterocycles. The van der Waals surface area contributed by atoms with Gasteiger partial charge < -0.3 is 15.7 Å². The lowest BCUT2D eigenvalue weighted by molar-refractivity contribution is 0.244. The van der Waals surface area contributed by atoms with Gasteiger partial charge in [-0.25, -0.2) is 4.68 Å². The van der Waals surface area contributed by atoms with Crippen LogP contribution in [0.4, 0.5) is 11.5 Å². The average Bonchev–Trinajstić information content (AvgIpc) is 2.66. The molecule has 3 N–H and O–H groups in total. The fraction of sp³-hybridized carbons (Fsp3) is 0.769. The topological polar surface area (TPSA) is 67.3 Å². The molecule has 0 aliphatic carbocycles. The zero-order valence-electron chi connectivity index (χ0n) is 11.4. The number of anilines is 2. The molecule has 2 rings (SSSR count). The lowest BCUT2D eigenvalue weighted by atomic mass is 9.95. The summed E-state index contributed by atoms with van der Waals surface area (Å²) < 4.78 is 1.99. The van der Waals surface area contributed by atoms with Gasteiger partial charge in [-0.05, 0) is 39.0 Å². The van der Waals surface area contributed by atoms with Crippen LogP contribution in [0, 0.1) is 12.8 Å². The van der Waals surface area contributed by atoms with Crippen molar-refractivity contribution in [3.05, 3.63) is 5.69 Å². The van der Waals surface area contributed by atoms with E-state index in [1.54, 1.807) is 0 Å². The highest BCUT2D eigenvalue weighted by Gasteiger charge is 2.24. The van der Waals surface area contributed by atoms with E-state index in [2.05, 4.69) is 16.9 Å². The lowest BCUT2D eigenvalue weighted by Gasteiger charge is -2.34. The molecule has 1 aliphatic rings. The molecular formula is C13H24N4O. The molecule has 1 atom stereocenters. The maximum absolute atomic E-state index is 9.07. The van der Waals surface area contributed by atoms with E-state index < -0.39 is 0 Å². The molecule has 1 unspecified atom stereocenters. The minimum Gasteiger partial charge on any atom is -0.396 e. The first-order valence-electron chi connectivity index (χ1n) is 6.86. The van der Waals surface area contributed by atoms with E-state index in [4.69, 9.17) is 10.8 Å². The van der Waals surface area contributed by atoms with Gasteiger partial charge in [0.15, 0.2) is 5.82 Å². The Hall–Kier alpha value is -1.23. The van der Waals surface area contributed by atoms with Crippen molar-refractivity contribution in [3.63, 3.8) is 0 Å². The summed E-state index contributed by atoms with van der Waals surface area (Å²) in [5.74, 6) is 1.64. The summed E-state index contributed by atoms with van der Waals surface area (Å²) in [4.78, 5) is 2.34. The van der Waals surface area contributed by atoms with E-state index >= 15 is 0 Å². The van der Waals surface area contributed by atoms with Gasteiger partial charge in [0.2, 0.25) is 0 Å². The Morgan fingerprint density at radius 2 is 2.28 bits per heavy atom. The van der Waals surface area contributed by atoms with Gasteiger partial charge >= 0.3 is 0 Å². The first-order chi connectivity index (χ1) is 8.67. The van der Waals surface area contributed by atoms with E-state index in [-0.39, 0.29) is 6.61 Å². The van der Waals surface area contributed by atoms with Gasteiger partial charge in [-0.2, -0.15) is 5.10 Å². The average molecular weight is 252 g/mol. The second-order valence-electron chi connectivity index (χ2n) is 5.11. The normalized spacial score (nSPS) is 20.4. The number of aliphatic hydroxyl groups is 1. The predicted molar refractivity (Wildman–Crippen MR) is 73.7 cm³/mol. The van der Waals surface area contributed by atoms with Gasteiger partial charge in [-0.15, -0.1) is 0 Å². The Labute approximate surface area is 109 Å². The van der Waals surface area contributed by atoms with Crippen LogP contribution in [0.1, 0.15) is 31.9 Å². The van der Waals surface area contributed by atoms with Crippen LogP contribution >= 0.6 is 0 Å². The van der Waals surface area contributed by atoms with Crippen LogP contribution < -0.4 is 10.6 Å². The fourth-order valence-corrected chi connectivity index (χ4v) is 2.81. The summed E-state index contributed by atoms with van der Waals surface area (Å²) in [5.41, 5.74) is 7.87. The van der Waals surface area contributed by atoms with Crippen LogP contribution in [0.2, 0.25) is 0 Å². The standard InChI is InChI=1S/C13H24N4O/c1-3-17-13(12(14)10(2)15-17)16-7-4-5-11(9-16)6-8-18/h11,18H,3-9,14H2,1-2H3. The molecule has 0 radical (unpaired) electrons. The Balaban J connectivity index is 2.20. The predicted octanol–water partition coefficient (Wildman–Crippen LogP) is 1.39. The highest BCUT2D eigenvalue weighted by Crippen LogP contribution is 2.31. The molecule has 102 valence electrons. The highest BCUT2D eigenvalue weighted by atomic mass is 16.3. The SMILES string of the molecule is CCn1nc(C)c(N)c1N1CCCC(CCO)C1. The molecule has 1 fully saturated rings. The van der Waals surface area contributed by atoms with Crippen LogP contribution in [-0.2, 0) is 6.54 Å². The Kier molecular flexibility index (Phi) is 4.11. The van der Waals surface area contributed by atoms with Crippen molar-refractivity contribution < 1.29 is 5.11 Å². The minimum absolute atomic E-state index is 0.278. The molecule has 0 aromatic carbocycles. The van der Waals surface area contributed by atoms with Gasteiger partial charge in [0.05, 0.1) is 11.4 Å². The third-order valence-corrected chi connectivity index (χ3v) is 3.80. The van der Waals surface area contributed by atoms with E-state index in [1.165, 1.54) is 6.42 Å². The molecule has 0 saturated carbocycles. The number of nitrogen functional groups attached to an aromatic ring is 1. The molecule has 2 heterocycles. The van der Waals surface area contributed by atoms with Crippen molar-refractivity contribution in [1.82, 2.24) is 9.78 Å². The zero-order chi connectivity index (χ0) is 13.1. The maximum Gasteiger partial charge on any atom is 0.150 e.